The number of halogens is 1. The molecule has 29 heavy (non-hydrogen) atoms. The Kier molecular flexibility index (Phi) is 6.13. The van der Waals surface area contributed by atoms with Crippen molar-refractivity contribution >= 4 is 39.7 Å². The number of rotatable bonds is 5. The molecule has 2 aromatic carbocycles. The fourth-order valence-electron chi connectivity index (χ4n) is 3.39. The molecule has 3 aromatic rings. The number of hydrogen-bond donors (Lipinski definition) is 1. The van der Waals surface area contributed by atoms with E-state index in [1.807, 2.05) is 55.5 Å². The molecule has 1 saturated heterocycles. The lowest BCUT2D eigenvalue weighted by atomic mass is 10.2. The van der Waals surface area contributed by atoms with Crippen molar-refractivity contribution in [3.8, 4) is 11.3 Å². The second-order valence-corrected chi connectivity index (χ2v) is 8.48. The van der Waals surface area contributed by atoms with Gasteiger partial charge in [-0.1, -0.05) is 35.9 Å². The second-order valence-electron chi connectivity index (χ2n) is 7.20. The number of nitrogens with zero attached hydrogens (tertiary/aromatic N) is 3. The number of anilines is 2. The Morgan fingerprint density at radius 3 is 2.62 bits per heavy atom. The third-order valence-electron chi connectivity index (χ3n) is 4.94. The van der Waals surface area contributed by atoms with Crippen molar-refractivity contribution in [2.24, 2.45) is 0 Å². The molecule has 5 nitrogen and oxygen atoms in total. The quantitative estimate of drug-likeness (QED) is 0.651. The second kappa shape index (κ2) is 8.95. The number of nitrogens with one attached hydrogen (secondary N) is 1. The first-order valence-electron chi connectivity index (χ1n) is 9.62. The maximum atomic E-state index is 12.3. The van der Waals surface area contributed by atoms with E-state index in [0.717, 1.165) is 58.8 Å². The summed E-state index contributed by atoms with van der Waals surface area (Å²) in [5, 5.41) is 6.82. The highest BCUT2D eigenvalue weighted by Gasteiger charge is 2.21. The fraction of sp³-hybridized carbons (Fsp3) is 0.273. The summed E-state index contributed by atoms with van der Waals surface area (Å²) in [6, 6.07) is 15.6. The maximum Gasteiger partial charge on any atom is 0.238 e. The van der Waals surface area contributed by atoms with E-state index in [2.05, 4.69) is 20.5 Å². The smallest absolute Gasteiger partial charge is 0.238 e. The summed E-state index contributed by atoms with van der Waals surface area (Å²) in [5.41, 5.74) is 4.04. The third-order valence-corrected chi connectivity index (χ3v) is 6.10. The number of benzene rings is 2. The van der Waals surface area contributed by atoms with Crippen molar-refractivity contribution in [1.29, 1.82) is 0 Å². The van der Waals surface area contributed by atoms with Gasteiger partial charge in [0, 0.05) is 47.8 Å². The molecule has 1 amide bonds. The van der Waals surface area contributed by atoms with Crippen LogP contribution in [0, 0.1) is 6.92 Å². The Balaban J connectivity index is 1.29. The average molecular weight is 427 g/mol. The van der Waals surface area contributed by atoms with Gasteiger partial charge in [-0.15, -0.1) is 11.3 Å². The Hall–Kier alpha value is -2.41. The summed E-state index contributed by atoms with van der Waals surface area (Å²) >= 11 is 7.63. The van der Waals surface area contributed by atoms with Gasteiger partial charge in [-0.2, -0.15) is 0 Å². The molecule has 0 aliphatic carbocycles. The van der Waals surface area contributed by atoms with Gasteiger partial charge in [0.15, 0.2) is 5.13 Å². The molecule has 1 aliphatic rings. The zero-order valence-electron chi connectivity index (χ0n) is 16.3. The van der Waals surface area contributed by atoms with Crippen LogP contribution in [0.2, 0.25) is 5.02 Å². The summed E-state index contributed by atoms with van der Waals surface area (Å²) in [7, 11) is 0. The average Bonchev–Trinajstić information content (AvgIpc) is 3.19. The molecule has 0 bridgehead atoms. The predicted octanol–water partition coefficient (Wildman–Crippen LogP) is 4.53. The van der Waals surface area contributed by atoms with Crippen molar-refractivity contribution < 1.29 is 4.79 Å². The van der Waals surface area contributed by atoms with Crippen molar-refractivity contribution in [3.05, 3.63) is 64.5 Å². The Bertz CT molecular complexity index is 980. The van der Waals surface area contributed by atoms with Gasteiger partial charge in [-0.25, -0.2) is 4.98 Å². The summed E-state index contributed by atoms with van der Waals surface area (Å²) in [6.07, 6.45) is 0. The van der Waals surface area contributed by atoms with Crippen molar-refractivity contribution in [2.45, 2.75) is 6.92 Å². The van der Waals surface area contributed by atoms with E-state index in [1.54, 1.807) is 11.3 Å². The van der Waals surface area contributed by atoms with E-state index in [4.69, 9.17) is 16.6 Å². The minimum Gasteiger partial charge on any atom is -0.346 e. The topological polar surface area (TPSA) is 48.5 Å². The van der Waals surface area contributed by atoms with Crippen LogP contribution in [-0.4, -0.2) is 48.5 Å². The number of amides is 1. The molecule has 0 saturated carbocycles. The first-order chi connectivity index (χ1) is 14.1. The van der Waals surface area contributed by atoms with E-state index in [9.17, 15) is 4.79 Å². The van der Waals surface area contributed by atoms with E-state index < -0.39 is 0 Å². The standard InChI is InChI=1S/C22H23ClN4OS/c1-16-3-2-4-19(13-16)24-21(28)14-26-9-11-27(12-10-26)22-25-20(15-29-22)17-5-7-18(23)8-6-17/h2-8,13,15H,9-12,14H2,1H3,(H,24,28). The monoisotopic (exact) mass is 426 g/mol. The highest BCUT2D eigenvalue weighted by atomic mass is 35.5. The van der Waals surface area contributed by atoms with Crippen LogP contribution in [0.25, 0.3) is 11.3 Å². The first-order valence-corrected chi connectivity index (χ1v) is 10.9. The summed E-state index contributed by atoms with van der Waals surface area (Å²) in [6.45, 7) is 5.85. The highest BCUT2D eigenvalue weighted by molar-refractivity contribution is 7.14. The Morgan fingerprint density at radius 2 is 1.90 bits per heavy atom. The number of hydrogen-bond acceptors (Lipinski definition) is 5. The van der Waals surface area contributed by atoms with Crippen molar-refractivity contribution in [1.82, 2.24) is 9.88 Å². The zero-order chi connectivity index (χ0) is 20.2. The summed E-state index contributed by atoms with van der Waals surface area (Å²) in [5.74, 6) is 0.0309. The maximum absolute atomic E-state index is 12.3. The number of thiazole rings is 1. The number of carbonyl (C=O) groups is 1. The van der Waals surface area contributed by atoms with Crippen LogP contribution in [0.5, 0.6) is 0 Å². The third kappa shape index (κ3) is 5.15. The van der Waals surface area contributed by atoms with Gasteiger partial charge in [0.05, 0.1) is 12.2 Å². The number of piperazine rings is 1. The number of aryl methyl sites for hydroxylation is 1. The normalized spacial score (nSPS) is 14.8. The highest BCUT2D eigenvalue weighted by Crippen LogP contribution is 2.28. The van der Waals surface area contributed by atoms with Crippen LogP contribution in [0.1, 0.15) is 5.56 Å². The molecular formula is C22H23ClN4OS. The number of carbonyl (C=O) groups excluding carboxylic acids is 1. The lowest BCUT2D eigenvalue weighted by Gasteiger charge is -2.34. The fourth-order valence-corrected chi connectivity index (χ4v) is 4.40. The summed E-state index contributed by atoms with van der Waals surface area (Å²) < 4.78 is 0. The largest absolute Gasteiger partial charge is 0.346 e. The summed E-state index contributed by atoms with van der Waals surface area (Å²) in [4.78, 5) is 21.6. The van der Waals surface area contributed by atoms with Crippen LogP contribution < -0.4 is 10.2 Å². The molecule has 1 aliphatic heterocycles. The van der Waals surface area contributed by atoms with Gasteiger partial charge >= 0.3 is 0 Å². The molecule has 1 aromatic heterocycles. The van der Waals surface area contributed by atoms with Gasteiger partial charge in [0.2, 0.25) is 5.91 Å². The van der Waals surface area contributed by atoms with Gasteiger partial charge in [0.25, 0.3) is 0 Å². The van der Waals surface area contributed by atoms with Crippen molar-refractivity contribution in [2.75, 3.05) is 42.9 Å². The molecular weight excluding hydrogens is 404 g/mol. The molecule has 150 valence electrons. The minimum atomic E-state index is 0.0309. The van der Waals surface area contributed by atoms with Gasteiger partial charge in [-0.3, -0.25) is 9.69 Å². The lowest BCUT2D eigenvalue weighted by Crippen LogP contribution is -2.48. The van der Waals surface area contributed by atoms with E-state index >= 15 is 0 Å². The molecule has 4 rings (SSSR count). The Morgan fingerprint density at radius 1 is 1.14 bits per heavy atom. The molecule has 0 spiro atoms. The zero-order valence-corrected chi connectivity index (χ0v) is 17.8. The van der Waals surface area contributed by atoms with Gasteiger partial charge in [-0.05, 0) is 36.8 Å². The van der Waals surface area contributed by atoms with Crippen LogP contribution in [0.15, 0.2) is 53.9 Å². The van der Waals surface area contributed by atoms with Crippen LogP contribution in [-0.2, 0) is 4.79 Å². The van der Waals surface area contributed by atoms with Crippen LogP contribution in [0.4, 0.5) is 10.8 Å². The lowest BCUT2D eigenvalue weighted by molar-refractivity contribution is -0.117. The van der Waals surface area contributed by atoms with E-state index in [-0.39, 0.29) is 5.91 Å². The molecule has 0 unspecified atom stereocenters. The molecule has 2 heterocycles. The minimum absolute atomic E-state index is 0.0309. The van der Waals surface area contributed by atoms with Crippen LogP contribution >= 0.6 is 22.9 Å². The van der Waals surface area contributed by atoms with E-state index in [0.29, 0.717) is 6.54 Å². The Labute approximate surface area is 179 Å². The van der Waals surface area contributed by atoms with Gasteiger partial charge < -0.3 is 10.2 Å². The molecule has 0 atom stereocenters. The van der Waals surface area contributed by atoms with Crippen LogP contribution in [0.3, 0.4) is 0 Å². The molecule has 0 radical (unpaired) electrons. The van der Waals surface area contributed by atoms with Gasteiger partial charge in [0.1, 0.15) is 0 Å². The molecule has 1 fully saturated rings. The molecule has 1 N–H and O–H groups in total. The predicted molar refractivity (Wildman–Crippen MR) is 121 cm³/mol. The van der Waals surface area contributed by atoms with E-state index in [1.165, 1.54) is 0 Å². The molecule has 7 heteroatoms. The SMILES string of the molecule is Cc1cccc(NC(=O)CN2CCN(c3nc(-c4ccc(Cl)cc4)cs3)CC2)c1. The number of aromatic nitrogens is 1. The first kappa shape index (κ1) is 19.9. The van der Waals surface area contributed by atoms with Crippen molar-refractivity contribution in [3.63, 3.8) is 0 Å².